The molecule has 0 aromatic carbocycles. The predicted octanol–water partition coefficient (Wildman–Crippen LogP) is 1.27. The summed E-state index contributed by atoms with van der Waals surface area (Å²) in [6.45, 7) is 10.7. The predicted molar refractivity (Wildman–Crippen MR) is 73.3 cm³/mol. The molecule has 0 rings (SSSR count). The van der Waals surface area contributed by atoms with Gasteiger partial charge in [-0.15, -0.1) is 0 Å². The second-order valence-corrected chi connectivity index (χ2v) is 6.64. The fourth-order valence-electron chi connectivity index (χ4n) is 1.11. The number of hydrogen-bond acceptors (Lipinski definition) is 4. The third-order valence-corrected chi connectivity index (χ3v) is 2.34. The van der Waals surface area contributed by atoms with Crippen LogP contribution in [0.1, 0.15) is 48.5 Å². The minimum absolute atomic E-state index is 0.615. The number of nitrogens with one attached hydrogen (secondary N) is 2. The van der Waals surface area contributed by atoms with Gasteiger partial charge >= 0.3 is 12.1 Å². The Labute approximate surface area is 119 Å². The van der Waals surface area contributed by atoms with Crippen molar-refractivity contribution in [3.63, 3.8) is 0 Å². The number of carbonyl (C=O) groups is 3. The third-order valence-electron chi connectivity index (χ3n) is 2.34. The van der Waals surface area contributed by atoms with Crippen LogP contribution in [-0.4, -0.2) is 39.8 Å². The highest BCUT2D eigenvalue weighted by molar-refractivity contribution is 5.93. The molecule has 0 unspecified atom stereocenters. The number of carboxylic acid groups (broad SMARTS) is 1. The number of alkyl carbamates (subject to hydrolysis) is 1. The number of aliphatic carboxylic acids is 1. The number of amides is 2. The van der Waals surface area contributed by atoms with Crippen LogP contribution < -0.4 is 10.6 Å². The second-order valence-electron chi connectivity index (χ2n) is 6.64. The fraction of sp³-hybridized carbons (Fsp3) is 0.769. The van der Waals surface area contributed by atoms with E-state index in [1.807, 2.05) is 0 Å². The van der Waals surface area contributed by atoms with Gasteiger partial charge in [0.2, 0.25) is 5.91 Å². The molecule has 0 aromatic rings. The van der Waals surface area contributed by atoms with E-state index < -0.39 is 34.6 Å². The maximum atomic E-state index is 12.0. The van der Waals surface area contributed by atoms with Crippen LogP contribution >= 0.6 is 0 Å². The molecular formula is C13H24N2O5. The van der Waals surface area contributed by atoms with Crippen LogP contribution in [0.5, 0.6) is 0 Å². The van der Waals surface area contributed by atoms with Crippen LogP contribution in [-0.2, 0) is 14.3 Å². The number of ether oxygens (including phenoxy) is 1. The highest BCUT2D eigenvalue weighted by Crippen LogP contribution is 2.11. The van der Waals surface area contributed by atoms with Crippen LogP contribution in [0.15, 0.2) is 0 Å². The topological polar surface area (TPSA) is 105 Å². The second kappa shape index (κ2) is 5.68. The van der Waals surface area contributed by atoms with E-state index in [2.05, 4.69) is 10.6 Å². The van der Waals surface area contributed by atoms with E-state index in [0.717, 1.165) is 0 Å². The Kier molecular flexibility index (Phi) is 5.17. The van der Waals surface area contributed by atoms with Gasteiger partial charge in [-0.1, -0.05) is 0 Å². The van der Waals surface area contributed by atoms with Crippen molar-refractivity contribution in [3.05, 3.63) is 0 Å². The van der Waals surface area contributed by atoms with Crippen molar-refractivity contribution in [1.29, 1.82) is 0 Å². The van der Waals surface area contributed by atoms with Crippen LogP contribution in [0.25, 0.3) is 0 Å². The Morgan fingerprint density at radius 3 is 1.65 bits per heavy atom. The lowest BCUT2D eigenvalue weighted by atomic mass is 10.00. The summed E-state index contributed by atoms with van der Waals surface area (Å²) in [7, 11) is 0. The maximum Gasteiger partial charge on any atom is 0.408 e. The molecule has 0 fully saturated rings. The summed E-state index contributed by atoms with van der Waals surface area (Å²) < 4.78 is 5.05. The molecule has 3 N–H and O–H groups in total. The van der Waals surface area contributed by atoms with Crippen molar-refractivity contribution < 1.29 is 24.2 Å². The lowest BCUT2D eigenvalue weighted by Crippen LogP contribution is -2.61. The van der Waals surface area contributed by atoms with Crippen molar-refractivity contribution in [2.75, 3.05) is 0 Å². The molecule has 7 heteroatoms. The highest BCUT2D eigenvalue weighted by Gasteiger charge is 2.37. The zero-order valence-electron chi connectivity index (χ0n) is 13.1. The maximum absolute atomic E-state index is 12.0. The summed E-state index contributed by atoms with van der Waals surface area (Å²) in [4.78, 5) is 34.7. The molecule has 0 radical (unpaired) electrons. The molecule has 0 aliphatic rings. The average molecular weight is 288 g/mol. The zero-order chi connectivity index (χ0) is 16.4. The van der Waals surface area contributed by atoms with Crippen molar-refractivity contribution >= 4 is 18.0 Å². The van der Waals surface area contributed by atoms with Crippen molar-refractivity contribution in [2.45, 2.75) is 65.1 Å². The Bertz CT molecular complexity index is 407. The zero-order valence-corrected chi connectivity index (χ0v) is 13.1. The minimum Gasteiger partial charge on any atom is -0.480 e. The van der Waals surface area contributed by atoms with Gasteiger partial charge in [-0.3, -0.25) is 4.79 Å². The van der Waals surface area contributed by atoms with Gasteiger partial charge in [-0.2, -0.15) is 0 Å². The van der Waals surface area contributed by atoms with E-state index in [0.29, 0.717) is 0 Å². The summed E-state index contributed by atoms with van der Waals surface area (Å²) in [5.41, 5.74) is -3.41. The van der Waals surface area contributed by atoms with Crippen molar-refractivity contribution in [1.82, 2.24) is 10.6 Å². The van der Waals surface area contributed by atoms with Gasteiger partial charge in [0.05, 0.1) is 0 Å². The first kappa shape index (κ1) is 18.2. The van der Waals surface area contributed by atoms with E-state index in [1.165, 1.54) is 27.7 Å². The first-order chi connectivity index (χ1) is 8.67. The Hall–Kier alpha value is -1.79. The molecule has 0 saturated heterocycles. The van der Waals surface area contributed by atoms with E-state index >= 15 is 0 Å². The van der Waals surface area contributed by atoms with E-state index in [4.69, 9.17) is 9.84 Å². The molecule has 0 heterocycles. The van der Waals surface area contributed by atoms with Gasteiger partial charge in [0, 0.05) is 0 Å². The molecule has 0 aliphatic carbocycles. The molecule has 2 amide bonds. The van der Waals surface area contributed by atoms with Crippen LogP contribution in [0.2, 0.25) is 0 Å². The third kappa shape index (κ3) is 5.90. The lowest BCUT2D eigenvalue weighted by molar-refractivity contribution is -0.146. The van der Waals surface area contributed by atoms with Gasteiger partial charge < -0.3 is 20.5 Å². The summed E-state index contributed by atoms with van der Waals surface area (Å²) in [6.07, 6.45) is -0.745. The Morgan fingerprint density at radius 1 is 0.850 bits per heavy atom. The SMILES string of the molecule is CC(C)(C)OC(=O)NC(C)(C)C(=O)NC(C)(C)C(=O)O. The molecular weight excluding hydrogens is 264 g/mol. The average Bonchev–Trinajstić information content (AvgIpc) is 2.11. The smallest absolute Gasteiger partial charge is 0.408 e. The molecule has 0 bridgehead atoms. The van der Waals surface area contributed by atoms with Gasteiger partial charge in [0.25, 0.3) is 0 Å². The van der Waals surface area contributed by atoms with Gasteiger partial charge in [-0.25, -0.2) is 9.59 Å². The molecule has 0 atom stereocenters. The van der Waals surface area contributed by atoms with Crippen LogP contribution in [0.4, 0.5) is 4.79 Å². The monoisotopic (exact) mass is 288 g/mol. The van der Waals surface area contributed by atoms with Crippen molar-refractivity contribution in [2.24, 2.45) is 0 Å². The highest BCUT2D eigenvalue weighted by atomic mass is 16.6. The minimum atomic E-state index is -1.43. The molecule has 116 valence electrons. The molecule has 20 heavy (non-hydrogen) atoms. The summed E-state index contributed by atoms with van der Waals surface area (Å²) in [5, 5.41) is 13.7. The standard InChI is InChI=1S/C13H24N2O5/c1-11(2,3)20-10(19)15-12(4,5)8(16)14-13(6,7)9(17)18/h1-7H3,(H,14,16)(H,15,19)(H,17,18). The molecule has 0 aliphatic heterocycles. The van der Waals surface area contributed by atoms with Gasteiger partial charge in [-0.05, 0) is 48.5 Å². The quantitative estimate of drug-likeness (QED) is 0.722. The van der Waals surface area contributed by atoms with Gasteiger partial charge in [0.1, 0.15) is 16.7 Å². The first-order valence-corrected chi connectivity index (χ1v) is 6.24. The van der Waals surface area contributed by atoms with Gasteiger partial charge in [0.15, 0.2) is 0 Å². The van der Waals surface area contributed by atoms with E-state index in [9.17, 15) is 14.4 Å². The molecule has 0 spiro atoms. The summed E-state index contributed by atoms with van der Waals surface area (Å²) in [5.74, 6) is -1.78. The number of carbonyl (C=O) groups excluding carboxylic acids is 2. The summed E-state index contributed by atoms with van der Waals surface area (Å²) in [6, 6.07) is 0. The van der Waals surface area contributed by atoms with Crippen LogP contribution in [0, 0.1) is 0 Å². The fourth-order valence-corrected chi connectivity index (χ4v) is 1.11. The largest absolute Gasteiger partial charge is 0.480 e. The number of hydrogen-bond donors (Lipinski definition) is 3. The molecule has 0 aromatic heterocycles. The molecule has 0 saturated carbocycles. The van der Waals surface area contributed by atoms with Crippen LogP contribution in [0.3, 0.4) is 0 Å². The first-order valence-electron chi connectivity index (χ1n) is 6.24. The lowest BCUT2D eigenvalue weighted by Gasteiger charge is -2.31. The Morgan fingerprint density at radius 2 is 1.30 bits per heavy atom. The van der Waals surface area contributed by atoms with E-state index in [1.54, 1.807) is 20.8 Å². The normalized spacial score (nSPS) is 12.6. The molecule has 7 nitrogen and oxygen atoms in total. The number of rotatable bonds is 4. The summed E-state index contributed by atoms with van der Waals surface area (Å²) >= 11 is 0. The van der Waals surface area contributed by atoms with E-state index in [-0.39, 0.29) is 0 Å². The number of carboxylic acids is 1. The van der Waals surface area contributed by atoms with Crippen molar-refractivity contribution in [3.8, 4) is 0 Å². The Balaban J connectivity index is 4.77.